The van der Waals surface area contributed by atoms with E-state index in [1.807, 2.05) is 12.1 Å². The van der Waals surface area contributed by atoms with Crippen molar-refractivity contribution in [2.75, 3.05) is 25.5 Å². The first-order chi connectivity index (χ1) is 16.2. The van der Waals surface area contributed by atoms with Gasteiger partial charge >= 0.3 is 11.9 Å². The molecule has 0 bridgehead atoms. The summed E-state index contributed by atoms with van der Waals surface area (Å²) in [4.78, 5) is 37.3. The van der Waals surface area contributed by atoms with Crippen LogP contribution in [0.4, 0.5) is 5.69 Å². The second-order valence-electron chi connectivity index (χ2n) is 8.06. The largest absolute Gasteiger partial charge is 0.478 e. The lowest BCUT2D eigenvalue weighted by molar-refractivity contribution is -0.134. The highest BCUT2D eigenvalue weighted by molar-refractivity contribution is 6.31. The van der Waals surface area contributed by atoms with Crippen molar-refractivity contribution in [3.8, 4) is 0 Å². The molecule has 0 spiro atoms. The number of H-pyrrole nitrogens is 1. The summed E-state index contributed by atoms with van der Waals surface area (Å²) in [7, 11) is 2.18. The molecule has 1 aliphatic rings. The molecule has 1 aliphatic heterocycles. The minimum Gasteiger partial charge on any atom is -0.478 e. The molecule has 34 heavy (non-hydrogen) atoms. The molecule has 2 heterocycles. The molecular weight excluding hydrogens is 458 g/mol. The number of fused-ring (bicyclic) bond motifs is 1. The van der Waals surface area contributed by atoms with E-state index in [4.69, 9.17) is 21.8 Å². The Morgan fingerprint density at radius 3 is 2.35 bits per heavy atom. The number of carboxylic acids is 2. The van der Waals surface area contributed by atoms with Crippen molar-refractivity contribution in [3.63, 3.8) is 0 Å². The van der Waals surface area contributed by atoms with Crippen LogP contribution in [0.25, 0.3) is 10.9 Å². The van der Waals surface area contributed by atoms with Crippen molar-refractivity contribution in [2.24, 2.45) is 0 Å². The van der Waals surface area contributed by atoms with Crippen molar-refractivity contribution < 1.29 is 24.6 Å². The van der Waals surface area contributed by atoms with Gasteiger partial charge in [0.15, 0.2) is 0 Å². The fourth-order valence-corrected chi connectivity index (χ4v) is 4.04. The van der Waals surface area contributed by atoms with E-state index in [9.17, 15) is 14.4 Å². The average molecular weight is 484 g/mol. The number of rotatable bonds is 5. The van der Waals surface area contributed by atoms with Crippen LogP contribution in [0.5, 0.6) is 0 Å². The maximum Gasteiger partial charge on any atom is 0.328 e. The number of carbonyl (C=O) groups is 3. The van der Waals surface area contributed by atoms with E-state index < -0.39 is 11.9 Å². The van der Waals surface area contributed by atoms with E-state index >= 15 is 0 Å². The molecule has 0 unspecified atom stereocenters. The topological polar surface area (TPSA) is 123 Å². The molecule has 0 atom stereocenters. The summed E-state index contributed by atoms with van der Waals surface area (Å²) in [5.74, 6) is -2.10. The Bertz CT molecular complexity index is 1200. The molecule has 8 nitrogen and oxygen atoms in total. The molecule has 1 saturated heterocycles. The van der Waals surface area contributed by atoms with E-state index in [0.717, 1.165) is 24.3 Å². The molecule has 4 rings (SSSR count). The maximum absolute atomic E-state index is 12.5. The average Bonchev–Trinajstić information content (AvgIpc) is 3.22. The van der Waals surface area contributed by atoms with Crippen molar-refractivity contribution in [3.05, 3.63) is 77.0 Å². The molecule has 9 heteroatoms. The molecule has 3 aromatic rings. The number of likely N-dealkylation sites (tertiary alicyclic amines) is 1. The number of piperidine rings is 1. The van der Waals surface area contributed by atoms with Crippen LogP contribution in [-0.2, 0) is 9.59 Å². The van der Waals surface area contributed by atoms with Crippen molar-refractivity contribution in [1.29, 1.82) is 0 Å². The van der Waals surface area contributed by atoms with Crippen LogP contribution < -0.4 is 5.32 Å². The number of halogens is 1. The van der Waals surface area contributed by atoms with Gasteiger partial charge in [0.25, 0.3) is 5.91 Å². The molecule has 0 radical (unpaired) electrons. The molecular formula is C25H26ClN3O5. The van der Waals surface area contributed by atoms with Crippen LogP contribution in [0.3, 0.4) is 0 Å². The minimum atomic E-state index is -1.26. The van der Waals surface area contributed by atoms with Crippen LogP contribution in [0.1, 0.15) is 34.7 Å². The van der Waals surface area contributed by atoms with Gasteiger partial charge in [0, 0.05) is 45.5 Å². The first-order valence-electron chi connectivity index (χ1n) is 10.7. The zero-order chi connectivity index (χ0) is 24.7. The number of aliphatic carboxylic acids is 2. The Morgan fingerprint density at radius 2 is 1.74 bits per heavy atom. The van der Waals surface area contributed by atoms with E-state index in [-0.39, 0.29) is 5.91 Å². The highest BCUT2D eigenvalue weighted by atomic mass is 35.5. The predicted octanol–water partition coefficient (Wildman–Crippen LogP) is 4.59. The van der Waals surface area contributed by atoms with Gasteiger partial charge in [-0.2, -0.15) is 0 Å². The number of nitrogens with zero attached hydrogens (tertiary/aromatic N) is 1. The van der Waals surface area contributed by atoms with Gasteiger partial charge < -0.3 is 25.4 Å². The van der Waals surface area contributed by atoms with Gasteiger partial charge in [-0.05, 0) is 80.9 Å². The van der Waals surface area contributed by atoms with Crippen LogP contribution in [0, 0.1) is 0 Å². The van der Waals surface area contributed by atoms with E-state index in [2.05, 4.69) is 34.5 Å². The second-order valence-corrected chi connectivity index (χ2v) is 8.49. The van der Waals surface area contributed by atoms with Crippen molar-refractivity contribution >= 4 is 46.0 Å². The predicted molar refractivity (Wildman–Crippen MR) is 132 cm³/mol. The summed E-state index contributed by atoms with van der Waals surface area (Å²) in [5, 5.41) is 20.4. The summed E-state index contributed by atoms with van der Waals surface area (Å²) in [6, 6.07) is 13.0. The fourth-order valence-electron chi connectivity index (χ4n) is 3.85. The first-order valence-corrected chi connectivity index (χ1v) is 11.1. The Balaban J connectivity index is 0.000000350. The normalized spacial score (nSPS) is 14.5. The molecule has 1 fully saturated rings. The Labute approximate surface area is 201 Å². The zero-order valence-electron chi connectivity index (χ0n) is 18.6. The highest BCUT2D eigenvalue weighted by Crippen LogP contribution is 2.34. The number of amides is 1. The number of benzene rings is 2. The molecule has 2 aromatic carbocycles. The summed E-state index contributed by atoms with van der Waals surface area (Å²) < 4.78 is 0. The van der Waals surface area contributed by atoms with Gasteiger partial charge in [-0.1, -0.05) is 17.7 Å². The molecule has 1 aromatic heterocycles. The summed E-state index contributed by atoms with van der Waals surface area (Å²) in [6.45, 7) is 2.26. The summed E-state index contributed by atoms with van der Waals surface area (Å²) in [5.41, 5.74) is 3.82. The van der Waals surface area contributed by atoms with Crippen LogP contribution in [0.2, 0.25) is 5.02 Å². The molecule has 1 amide bonds. The van der Waals surface area contributed by atoms with Crippen LogP contribution in [0.15, 0.2) is 60.8 Å². The van der Waals surface area contributed by atoms with Crippen molar-refractivity contribution in [1.82, 2.24) is 9.88 Å². The molecule has 0 saturated carbocycles. The maximum atomic E-state index is 12.5. The monoisotopic (exact) mass is 483 g/mol. The lowest BCUT2D eigenvalue weighted by Gasteiger charge is -2.28. The number of carbonyl (C=O) groups excluding carboxylic acids is 1. The standard InChI is InChI=1S/C21H22ClN3O.C4H4O4/c1-25-9-7-14(8-10-25)19-13-23-20-6-5-17(12-18(19)20)24-21(26)15-3-2-4-16(22)11-15;5-3(6)1-2-4(7)8/h2-6,11-14,23H,7-10H2,1H3,(H,24,26);1-2H,(H,5,6)(H,7,8)/b;2-1+. The van der Waals surface area contributed by atoms with Gasteiger partial charge in [-0.25, -0.2) is 9.59 Å². The first kappa shape index (κ1) is 25.0. The smallest absolute Gasteiger partial charge is 0.328 e. The van der Waals surface area contributed by atoms with Crippen LogP contribution in [-0.4, -0.2) is 58.1 Å². The Kier molecular flexibility index (Phi) is 8.45. The summed E-state index contributed by atoms with van der Waals surface area (Å²) in [6.07, 6.45) is 5.58. The third kappa shape index (κ3) is 6.94. The third-order valence-electron chi connectivity index (χ3n) is 5.59. The number of aromatic amines is 1. The second kappa shape index (κ2) is 11.5. The number of aromatic nitrogens is 1. The third-order valence-corrected chi connectivity index (χ3v) is 5.82. The lowest BCUT2D eigenvalue weighted by Crippen LogP contribution is -2.29. The van der Waals surface area contributed by atoms with Gasteiger partial charge in [0.05, 0.1) is 0 Å². The van der Waals surface area contributed by atoms with E-state index in [1.54, 1.807) is 24.3 Å². The van der Waals surface area contributed by atoms with Gasteiger partial charge in [0.1, 0.15) is 0 Å². The summed E-state index contributed by atoms with van der Waals surface area (Å²) >= 11 is 5.98. The van der Waals surface area contributed by atoms with Gasteiger partial charge in [0.2, 0.25) is 0 Å². The minimum absolute atomic E-state index is 0.150. The number of nitrogens with one attached hydrogen (secondary N) is 2. The molecule has 0 aliphatic carbocycles. The molecule has 178 valence electrons. The number of hydrogen-bond acceptors (Lipinski definition) is 4. The number of anilines is 1. The fraction of sp³-hybridized carbons (Fsp3) is 0.240. The quantitative estimate of drug-likeness (QED) is 0.393. The Morgan fingerprint density at radius 1 is 1.06 bits per heavy atom. The van der Waals surface area contributed by atoms with Gasteiger partial charge in [-0.15, -0.1) is 0 Å². The van der Waals surface area contributed by atoms with Crippen LogP contribution >= 0.6 is 11.6 Å². The number of hydrogen-bond donors (Lipinski definition) is 4. The zero-order valence-corrected chi connectivity index (χ0v) is 19.4. The number of carboxylic acid groups (broad SMARTS) is 2. The van der Waals surface area contributed by atoms with E-state index in [1.165, 1.54) is 23.8 Å². The SMILES string of the molecule is CN1CCC(c2c[nH]c3ccc(NC(=O)c4cccc(Cl)c4)cc23)CC1.O=C(O)/C=C/C(=O)O. The molecule has 4 N–H and O–H groups in total. The van der Waals surface area contributed by atoms with E-state index in [0.29, 0.717) is 28.7 Å². The highest BCUT2D eigenvalue weighted by Gasteiger charge is 2.21. The van der Waals surface area contributed by atoms with Gasteiger partial charge in [-0.3, -0.25) is 4.79 Å². The lowest BCUT2D eigenvalue weighted by atomic mass is 9.89. The van der Waals surface area contributed by atoms with Crippen molar-refractivity contribution in [2.45, 2.75) is 18.8 Å². The Hall–Kier alpha value is -3.62.